The second-order valence-electron chi connectivity index (χ2n) is 5.32. The predicted octanol–water partition coefficient (Wildman–Crippen LogP) is 3.95. The van der Waals surface area contributed by atoms with Crippen LogP contribution in [0.5, 0.6) is 11.5 Å². The summed E-state index contributed by atoms with van der Waals surface area (Å²) in [7, 11) is 1.43. The lowest BCUT2D eigenvalue weighted by molar-refractivity contribution is -0.117. The molecule has 0 heterocycles. The third-order valence-corrected chi connectivity index (χ3v) is 4.06. The summed E-state index contributed by atoms with van der Waals surface area (Å²) in [6.07, 6.45) is 1.33. The molecule has 2 N–H and O–H groups in total. The minimum atomic E-state index is -0.516. The fourth-order valence-electron chi connectivity index (χ4n) is 2.26. The van der Waals surface area contributed by atoms with Gasteiger partial charge in [-0.2, -0.15) is 5.26 Å². The van der Waals surface area contributed by atoms with Crippen molar-refractivity contribution in [2.24, 2.45) is 0 Å². The van der Waals surface area contributed by atoms with Crippen LogP contribution >= 0.6 is 15.9 Å². The number of hydrogen-bond acceptors (Lipinski definition) is 4. The summed E-state index contributed by atoms with van der Waals surface area (Å²) in [4.78, 5) is 12.4. The van der Waals surface area contributed by atoms with Crippen LogP contribution in [-0.2, 0) is 4.79 Å². The molecule has 2 aromatic rings. The largest absolute Gasteiger partial charge is 0.504 e. The van der Waals surface area contributed by atoms with E-state index in [1.165, 1.54) is 13.2 Å². The topological polar surface area (TPSA) is 82.3 Å². The summed E-state index contributed by atoms with van der Waals surface area (Å²) in [5, 5.41) is 22.3. The van der Waals surface area contributed by atoms with Gasteiger partial charge in [0.15, 0.2) is 11.5 Å². The third-order valence-electron chi connectivity index (χ3n) is 3.60. The molecule has 0 aliphatic heterocycles. The molecule has 0 aliphatic rings. The summed E-state index contributed by atoms with van der Waals surface area (Å²) in [5.41, 5.74) is 1.13. The summed E-state index contributed by atoms with van der Waals surface area (Å²) in [6.45, 7) is 1.84. The zero-order valence-corrected chi connectivity index (χ0v) is 15.4. The molecule has 1 amide bonds. The van der Waals surface area contributed by atoms with Crippen LogP contribution in [0, 0.1) is 11.3 Å². The van der Waals surface area contributed by atoms with Crippen LogP contribution in [0.2, 0.25) is 0 Å². The minimum absolute atomic E-state index is 0.113. The van der Waals surface area contributed by atoms with E-state index in [2.05, 4.69) is 21.2 Å². The molecule has 2 rings (SSSR count). The smallest absolute Gasteiger partial charge is 0.262 e. The molecule has 0 radical (unpaired) electrons. The summed E-state index contributed by atoms with van der Waals surface area (Å²) in [5.74, 6) is -0.407. The van der Waals surface area contributed by atoms with Crippen LogP contribution in [-0.4, -0.2) is 18.1 Å². The fraction of sp³-hybridized carbons (Fsp3) is 0.158. The van der Waals surface area contributed by atoms with Gasteiger partial charge in [0.2, 0.25) is 0 Å². The van der Waals surface area contributed by atoms with Gasteiger partial charge in [-0.15, -0.1) is 0 Å². The van der Waals surface area contributed by atoms with Crippen molar-refractivity contribution in [1.29, 1.82) is 5.26 Å². The number of methoxy groups -OCH3 is 1. The van der Waals surface area contributed by atoms with Gasteiger partial charge in [0.1, 0.15) is 11.6 Å². The first-order chi connectivity index (χ1) is 12.0. The van der Waals surface area contributed by atoms with E-state index in [0.29, 0.717) is 10.0 Å². The fourth-order valence-corrected chi connectivity index (χ4v) is 2.72. The summed E-state index contributed by atoms with van der Waals surface area (Å²) >= 11 is 3.30. The molecule has 0 fully saturated rings. The van der Waals surface area contributed by atoms with Crippen molar-refractivity contribution >= 4 is 27.9 Å². The maximum atomic E-state index is 12.4. The molecule has 1 atom stereocenters. The Bertz CT molecular complexity index is 842. The molecule has 0 bridgehead atoms. The first-order valence-corrected chi connectivity index (χ1v) is 8.29. The van der Waals surface area contributed by atoms with Gasteiger partial charge in [-0.25, -0.2) is 0 Å². The van der Waals surface area contributed by atoms with Crippen molar-refractivity contribution in [3.05, 3.63) is 63.6 Å². The summed E-state index contributed by atoms with van der Waals surface area (Å²) in [6, 6.07) is 14.3. The lowest BCUT2D eigenvalue weighted by atomic mass is 10.1. The summed E-state index contributed by atoms with van der Waals surface area (Å²) < 4.78 is 5.73. The lowest BCUT2D eigenvalue weighted by Crippen LogP contribution is -2.27. The van der Waals surface area contributed by atoms with Gasteiger partial charge in [0.25, 0.3) is 5.91 Å². The number of halogens is 1. The Morgan fingerprint density at radius 1 is 1.36 bits per heavy atom. The van der Waals surface area contributed by atoms with Crippen LogP contribution < -0.4 is 10.1 Å². The average molecular weight is 401 g/mol. The monoisotopic (exact) mass is 400 g/mol. The van der Waals surface area contributed by atoms with Crippen molar-refractivity contribution in [3.63, 3.8) is 0 Å². The highest BCUT2D eigenvalue weighted by Gasteiger charge is 2.16. The van der Waals surface area contributed by atoms with Gasteiger partial charge in [-0.05, 0) is 30.7 Å². The van der Waals surface area contributed by atoms with E-state index in [0.717, 1.165) is 5.56 Å². The molecule has 0 aliphatic carbocycles. The number of rotatable bonds is 5. The molecular formula is C19H17BrN2O3. The van der Waals surface area contributed by atoms with Crippen molar-refractivity contribution in [2.45, 2.75) is 13.0 Å². The van der Waals surface area contributed by atoms with Crippen molar-refractivity contribution in [3.8, 4) is 17.6 Å². The van der Waals surface area contributed by atoms with E-state index in [9.17, 15) is 15.2 Å². The number of carbonyl (C=O) groups excluding carboxylic acids is 1. The molecule has 0 aromatic heterocycles. The number of ether oxygens (including phenoxy) is 1. The number of phenols is 1. The molecule has 25 heavy (non-hydrogen) atoms. The van der Waals surface area contributed by atoms with E-state index in [-0.39, 0.29) is 23.1 Å². The van der Waals surface area contributed by atoms with E-state index >= 15 is 0 Å². The van der Waals surface area contributed by atoms with Crippen molar-refractivity contribution in [1.82, 2.24) is 5.32 Å². The highest BCUT2D eigenvalue weighted by Crippen LogP contribution is 2.34. The number of phenolic OH excluding ortho intramolecular Hbond substituents is 1. The van der Waals surface area contributed by atoms with Gasteiger partial charge >= 0.3 is 0 Å². The number of amides is 1. The number of carbonyl (C=O) groups is 1. The molecule has 2 aromatic carbocycles. The molecule has 0 unspecified atom stereocenters. The van der Waals surface area contributed by atoms with Gasteiger partial charge in [-0.1, -0.05) is 46.3 Å². The molecule has 5 nitrogen and oxygen atoms in total. The Hall–Kier alpha value is -2.78. The van der Waals surface area contributed by atoms with Crippen molar-refractivity contribution in [2.75, 3.05) is 7.11 Å². The van der Waals surface area contributed by atoms with Crippen LogP contribution in [0.15, 0.2) is 52.5 Å². The first-order valence-electron chi connectivity index (χ1n) is 7.50. The van der Waals surface area contributed by atoms with Crippen LogP contribution in [0.3, 0.4) is 0 Å². The Kier molecular flexibility index (Phi) is 6.20. The Labute approximate surface area is 154 Å². The number of hydrogen-bond donors (Lipinski definition) is 2. The molecule has 0 spiro atoms. The maximum Gasteiger partial charge on any atom is 0.262 e. The predicted molar refractivity (Wildman–Crippen MR) is 98.9 cm³/mol. The average Bonchev–Trinajstić information content (AvgIpc) is 2.62. The second kappa shape index (κ2) is 8.36. The Morgan fingerprint density at radius 3 is 2.64 bits per heavy atom. The van der Waals surface area contributed by atoms with Crippen molar-refractivity contribution < 1.29 is 14.6 Å². The zero-order chi connectivity index (χ0) is 18.4. The van der Waals surface area contributed by atoms with Crippen LogP contribution in [0.4, 0.5) is 0 Å². The highest BCUT2D eigenvalue weighted by atomic mass is 79.9. The molecule has 128 valence electrons. The maximum absolute atomic E-state index is 12.4. The SMILES string of the molecule is COc1cc(Br)cc(/C=C(\C#N)C(=O)N[C@H](C)c2ccccc2)c1O. The number of nitrogens with one attached hydrogen (secondary N) is 1. The van der Waals surface area contributed by atoms with Gasteiger partial charge in [0.05, 0.1) is 13.2 Å². The quantitative estimate of drug-likeness (QED) is 0.587. The Morgan fingerprint density at radius 2 is 2.04 bits per heavy atom. The Balaban J connectivity index is 2.27. The number of aromatic hydroxyl groups is 1. The molecule has 0 saturated carbocycles. The third kappa shape index (κ3) is 4.61. The van der Waals surface area contributed by atoms with Crippen LogP contribution in [0.1, 0.15) is 24.1 Å². The number of nitriles is 1. The van der Waals surface area contributed by atoms with E-state index < -0.39 is 5.91 Å². The molecular weight excluding hydrogens is 384 g/mol. The van der Waals surface area contributed by atoms with E-state index in [1.54, 1.807) is 12.1 Å². The van der Waals surface area contributed by atoms with E-state index in [1.807, 2.05) is 43.3 Å². The standard InChI is InChI=1S/C19H17BrN2O3/c1-12(13-6-4-3-5-7-13)22-19(24)15(11-21)8-14-9-16(20)10-17(25-2)18(14)23/h3-10,12,23H,1-2H3,(H,22,24)/b15-8+/t12-/m1/s1. The molecule has 6 heteroatoms. The van der Waals surface area contributed by atoms with Gasteiger partial charge < -0.3 is 15.2 Å². The molecule has 0 saturated heterocycles. The van der Waals surface area contributed by atoms with Gasteiger partial charge in [0, 0.05) is 10.0 Å². The second-order valence-corrected chi connectivity index (χ2v) is 6.24. The zero-order valence-electron chi connectivity index (χ0n) is 13.8. The van der Waals surface area contributed by atoms with E-state index in [4.69, 9.17) is 4.74 Å². The normalized spacial score (nSPS) is 12.2. The number of nitrogens with zero attached hydrogens (tertiary/aromatic N) is 1. The lowest BCUT2D eigenvalue weighted by Gasteiger charge is -2.14. The number of benzene rings is 2. The van der Waals surface area contributed by atoms with Crippen LogP contribution in [0.25, 0.3) is 6.08 Å². The highest BCUT2D eigenvalue weighted by molar-refractivity contribution is 9.10. The first kappa shape index (κ1) is 18.6. The van der Waals surface area contributed by atoms with Gasteiger partial charge in [-0.3, -0.25) is 4.79 Å². The minimum Gasteiger partial charge on any atom is -0.504 e.